The fourth-order valence-electron chi connectivity index (χ4n) is 7.18. The molecule has 0 rings (SSSR count). The second-order valence-electron chi connectivity index (χ2n) is 17.7. The molecule has 0 aliphatic carbocycles. The predicted molar refractivity (Wildman–Crippen MR) is 275 cm³/mol. The Hall–Kier alpha value is -1.24. The highest BCUT2D eigenvalue weighted by Gasteiger charge is 2.05. The number of hydrogen-bond acceptors (Lipinski definition) is 6. The van der Waals surface area contributed by atoms with Gasteiger partial charge in [-0.2, -0.15) is 0 Å². The van der Waals surface area contributed by atoms with Crippen molar-refractivity contribution in [1.82, 2.24) is 10.2 Å². The molecule has 0 unspecified atom stereocenters. The van der Waals surface area contributed by atoms with Crippen LogP contribution in [0, 0.1) is 5.92 Å². The molecule has 0 fully saturated rings. The number of aldehydes is 1. The van der Waals surface area contributed by atoms with Crippen molar-refractivity contribution in [2.75, 3.05) is 46.4 Å². The van der Waals surface area contributed by atoms with Gasteiger partial charge in [-0.3, -0.25) is 0 Å². The van der Waals surface area contributed by atoms with E-state index in [2.05, 4.69) is 64.8 Å². The van der Waals surface area contributed by atoms with E-state index in [1.807, 2.05) is 13.1 Å². The quantitative estimate of drug-likeness (QED) is 0.0361. The van der Waals surface area contributed by atoms with Gasteiger partial charge in [-0.05, 0) is 77.2 Å². The summed E-state index contributed by atoms with van der Waals surface area (Å²) in [5.41, 5.74) is 0. The number of ether oxygens (including phenoxy) is 1. The third-order valence-electron chi connectivity index (χ3n) is 11.0. The highest BCUT2D eigenvalue weighted by molar-refractivity contribution is 5.48. The van der Waals surface area contributed by atoms with Crippen molar-refractivity contribution >= 4 is 13.1 Å². The lowest BCUT2D eigenvalue weighted by Gasteiger charge is -2.22. The molecule has 0 aliphatic heterocycles. The number of unbranched alkanes of at least 4 members (excludes halogenated alkanes) is 30. The van der Waals surface area contributed by atoms with Gasteiger partial charge < -0.3 is 29.6 Å². The van der Waals surface area contributed by atoms with Crippen LogP contribution in [0.4, 0.5) is 0 Å². The third-order valence-corrected chi connectivity index (χ3v) is 11.0. The van der Waals surface area contributed by atoms with Crippen LogP contribution in [0.3, 0.4) is 0 Å². The van der Waals surface area contributed by atoms with Crippen molar-refractivity contribution in [3.05, 3.63) is 12.3 Å². The Morgan fingerprint density at radius 3 is 1.16 bits per heavy atom. The molecular weight excluding hydrogens is 753 g/mol. The summed E-state index contributed by atoms with van der Waals surface area (Å²) in [5, 5.41) is 10.6. The Balaban J connectivity index is -0.000000304. The molecule has 0 aromatic rings. The van der Waals surface area contributed by atoms with E-state index < -0.39 is 0 Å². The van der Waals surface area contributed by atoms with E-state index in [0.717, 1.165) is 51.7 Å². The SMILES string of the molecule is C=O.CCC=COCCCCCCCCC.CCCCCCCCC=O.CCCCCCCCCCCCCCCCN(CCCCCCCC)CCCNCC(C)C.CO. The number of allylic oxidation sites excluding steroid dienone is 1. The average Bonchev–Trinajstić information content (AvgIpc) is 3.28. The van der Waals surface area contributed by atoms with Crippen molar-refractivity contribution in [3.63, 3.8) is 0 Å². The van der Waals surface area contributed by atoms with E-state index in [4.69, 9.17) is 14.6 Å². The van der Waals surface area contributed by atoms with Gasteiger partial charge in [0.2, 0.25) is 0 Å². The van der Waals surface area contributed by atoms with Gasteiger partial charge in [0.25, 0.3) is 0 Å². The maximum absolute atomic E-state index is 9.89. The summed E-state index contributed by atoms with van der Waals surface area (Å²) in [5.74, 6) is 0.764. The molecule has 0 radical (unpaired) electrons. The molecular formula is C55H116N2O4. The summed E-state index contributed by atoms with van der Waals surface area (Å²) in [7, 11) is 1.00. The van der Waals surface area contributed by atoms with Gasteiger partial charge >= 0.3 is 0 Å². The van der Waals surface area contributed by atoms with Crippen LogP contribution in [0.2, 0.25) is 0 Å². The van der Waals surface area contributed by atoms with E-state index in [9.17, 15) is 4.79 Å². The van der Waals surface area contributed by atoms with Crippen LogP contribution in [0.15, 0.2) is 12.3 Å². The van der Waals surface area contributed by atoms with Crippen molar-refractivity contribution in [3.8, 4) is 0 Å². The molecule has 0 saturated carbocycles. The largest absolute Gasteiger partial charge is 0.502 e. The van der Waals surface area contributed by atoms with Crippen LogP contribution < -0.4 is 5.32 Å². The third kappa shape index (κ3) is 79.6. The van der Waals surface area contributed by atoms with E-state index in [-0.39, 0.29) is 0 Å². The standard InChI is InChI=1S/C31H66N2.C13H26O.C9H18O.CH4O.CH2O/c1-5-7-9-11-13-14-15-16-17-18-19-20-22-24-28-33(27-23-21-12-10-8-6-2)29-25-26-32-30-31(3)4;1-3-5-7-8-9-10-11-13-14-12-6-4-2;1-2-3-4-5-6-7-8-9-10;2*1-2/h31-32H,5-30H2,1-4H3;6,12H,3-5,7-11,13H2,1-2H3;9H,2-8H2,1H3;2H,1H3;1H2. The number of hydrogen-bond donors (Lipinski definition) is 2. The number of aliphatic hydroxyl groups is 1. The second-order valence-corrected chi connectivity index (χ2v) is 17.7. The molecule has 0 aromatic carbocycles. The Labute approximate surface area is 385 Å². The zero-order valence-corrected chi connectivity index (χ0v) is 43.3. The molecule has 0 aliphatic rings. The van der Waals surface area contributed by atoms with Gasteiger partial charge in [0.15, 0.2) is 0 Å². The predicted octanol–water partition coefficient (Wildman–Crippen LogP) is 16.8. The minimum Gasteiger partial charge on any atom is -0.502 e. The molecule has 0 aromatic heterocycles. The number of carbonyl (C=O) groups is 2. The topological polar surface area (TPSA) is 78.9 Å². The first-order valence-corrected chi connectivity index (χ1v) is 26.9. The molecule has 0 bridgehead atoms. The zero-order chi connectivity index (χ0) is 46.4. The molecule has 6 heteroatoms. The number of aliphatic hydroxyl groups excluding tert-OH is 1. The molecule has 0 saturated heterocycles. The highest BCUT2D eigenvalue weighted by atomic mass is 16.5. The van der Waals surface area contributed by atoms with E-state index in [1.165, 1.54) is 238 Å². The van der Waals surface area contributed by atoms with E-state index >= 15 is 0 Å². The Morgan fingerprint density at radius 2 is 0.820 bits per heavy atom. The summed E-state index contributed by atoms with van der Waals surface area (Å²) < 4.78 is 5.32. The molecule has 0 atom stereocenters. The van der Waals surface area contributed by atoms with Crippen LogP contribution in [-0.2, 0) is 14.3 Å². The molecule has 2 N–H and O–H groups in total. The summed E-state index contributed by atoms with van der Waals surface area (Å²) in [4.78, 5) is 20.7. The zero-order valence-electron chi connectivity index (χ0n) is 43.3. The van der Waals surface area contributed by atoms with Crippen molar-refractivity contribution in [2.24, 2.45) is 5.92 Å². The molecule has 61 heavy (non-hydrogen) atoms. The molecule has 6 nitrogen and oxygen atoms in total. The Bertz CT molecular complexity index is 720. The Morgan fingerprint density at radius 1 is 0.492 bits per heavy atom. The van der Waals surface area contributed by atoms with Gasteiger partial charge in [0.1, 0.15) is 13.1 Å². The fourth-order valence-corrected chi connectivity index (χ4v) is 7.18. The van der Waals surface area contributed by atoms with Gasteiger partial charge in [-0.15, -0.1) is 0 Å². The summed E-state index contributed by atoms with van der Waals surface area (Å²) in [6.45, 7) is 25.0. The van der Waals surface area contributed by atoms with Crippen LogP contribution in [0.25, 0.3) is 0 Å². The number of nitrogens with zero attached hydrogens (tertiary/aromatic N) is 1. The minimum absolute atomic E-state index is 0.756. The second kappa shape index (κ2) is 73.2. The summed E-state index contributed by atoms with van der Waals surface area (Å²) in [6.07, 6.45) is 54.0. The highest BCUT2D eigenvalue weighted by Crippen LogP contribution is 2.14. The van der Waals surface area contributed by atoms with Crippen molar-refractivity contribution < 1.29 is 19.4 Å². The monoisotopic (exact) mass is 869 g/mol. The molecule has 0 heterocycles. The smallest absolute Gasteiger partial charge is 0.119 e. The van der Waals surface area contributed by atoms with Gasteiger partial charge in [-0.25, -0.2) is 0 Å². The van der Waals surface area contributed by atoms with Crippen molar-refractivity contribution in [2.45, 2.75) is 280 Å². The van der Waals surface area contributed by atoms with Crippen LogP contribution >= 0.6 is 0 Å². The van der Waals surface area contributed by atoms with E-state index in [0.29, 0.717) is 0 Å². The lowest BCUT2D eigenvalue weighted by atomic mass is 10.0. The lowest BCUT2D eigenvalue weighted by Crippen LogP contribution is -2.30. The maximum Gasteiger partial charge on any atom is 0.119 e. The van der Waals surface area contributed by atoms with Gasteiger partial charge in [0, 0.05) is 13.5 Å². The summed E-state index contributed by atoms with van der Waals surface area (Å²) in [6, 6.07) is 0. The number of nitrogens with one attached hydrogen (secondary N) is 1. The minimum atomic E-state index is 0.756. The van der Waals surface area contributed by atoms with Crippen LogP contribution in [0.1, 0.15) is 280 Å². The van der Waals surface area contributed by atoms with Gasteiger partial charge in [0.05, 0.1) is 12.9 Å². The van der Waals surface area contributed by atoms with Crippen molar-refractivity contribution in [1.29, 1.82) is 0 Å². The first kappa shape index (κ1) is 68.8. The fraction of sp³-hybridized carbons (Fsp3) is 0.927. The molecule has 0 amide bonds. The first-order valence-electron chi connectivity index (χ1n) is 26.9. The molecule has 370 valence electrons. The number of rotatable bonds is 45. The average molecular weight is 870 g/mol. The normalized spacial score (nSPS) is 10.7. The lowest BCUT2D eigenvalue weighted by molar-refractivity contribution is -0.108. The van der Waals surface area contributed by atoms with Crippen LogP contribution in [-0.4, -0.2) is 69.5 Å². The summed E-state index contributed by atoms with van der Waals surface area (Å²) >= 11 is 0. The molecule has 0 spiro atoms. The maximum atomic E-state index is 9.89. The van der Waals surface area contributed by atoms with Crippen LogP contribution in [0.5, 0.6) is 0 Å². The van der Waals surface area contributed by atoms with Gasteiger partial charge in [-0.1, -0.05) is 241 Å². The first-order chi connectivity index (χ1) is 30.0. The Kier molecular flexibility index (Phi) is 82.5. The van der Waals surface area contributed by atoms with E-state index in [1.54, 1.807) is 0 Å². The number of carbonyl (C=O) groups excluding carboxylic acids is 2.